The number of alkyl halides is 1. The Labute approximate surface area is 210 Å². The fourth-order valence-electron chi connectivity index (χ4n) is 4.10. The van der Waals surface area contributed by atoms with Crippen molar-refractivity contribution in [2.24, 2.45) is 0 Å². The third kappa shape index (κ3) is 4.30. The first-order valence-corrected chi connectivity index (χ1v) is 12.2. The molecule has 1 aliphatic heterocycles. The molecule has 4 unspecified atom stereocenters. The number of fused-ring (bicyclic) bond motifs is 2. The van der Waals surface area contributed by atoms with Gasteiger partial charge in [0.15, 0.2) is 11.5 Å². The Morgan fingerprint density at radius 3 is 2.56 bits per heavy atom. The van der Waals surface area contributed by atoms with Gasteiger partial charge in [-0.15, -0.1) is 0 Å². The van der Waals surface area contributed by atoms with Gasteiger partial charge in [0.1, 0.15) is 45.7 Å². The molecule has 3 aromatic rings. The summed E-state index contributed by atoms with van der Waals surface area (Å²) in [6.07, 6.45) is 0.577. The first kappa shape index (κ1) is 24.6. The average Bonchev–Trinajstić information content (AvgIpc) is 3.08. The molecule has 8 heteroatoms. The average molecular weight is 578 g/mol. The molecule has 7 nitrogen and oxygen atoms in total. The van der Waals surface area contributed by atoms with Gasteiger partial charge in [0.25, 0.3) is 0 Å². The third-order valence-corrected chi connectivity index (χ3v) is 7.50. The van der Waals surface area contributed by atoms with Crippen LogP contribution in [0.5, 0.6) is 17.2 Å². The van der Waals surface area contributed by atoms with Crippen LogP contribution in [0.25, 0.3) is 22.3 Å². The summed E-state index contributed by atoms with van der Waals surface area (Å²) < 4.78 is 11.8. The van der Waals surface area contributed by atoms with Crippen LogP contribution in [0.2, 0.25) is 0 Å². The van der Waals surface area contributed by atoms with Crippen LogP contribution in [0.4, 0.5) is 0 Å². The predicted octanol–water partition coefficient (Wildman–Crippen LogP) is 4.75. The smallest absolute Gasteiger partial charge is 0.197 e. The Kier molecular flexibility index (Phi) is 6.43. The molecule has 180 valence electrons. The zero-order valence-electron chi connectivity index (χ0n) is 19.3. The number of aromatic hydroxyl groups is 2. The van der Waals surface area contributed by atoms with Crippen LogP contribution in [-0.4, -0.2) is 36.1 Å². The second-order valence-electron chi connectivity index (χ2n) is 9.18. The van der Waals surface area contributed by atoms with E-state index in [0.717, 1.165) is 17.2 Å². The van der Waals surface area contributed by atoms with Crippen molar-refractivity contribution in [2.45, 2.75) is 55.8 Å². The fraction of sp³-hybridized carbons (Fsp3) is 0.346. The summed E-state index contributed by atoms with van der Waals surface area (Å²) in [5, 5.41) is 42.0. The highest BCUT2D eigenvalue weighted by atomic mass is 127. The lowest BCUT2D eigenvalue weighted by molar-refractivity contribution is -0.0836. The molecular weight excluding hydrogens is 551 g/mol. The van der Waals surface area contributed by atoms with Gasteiger partial charge in [-0.25, -0.2) is 0 Å². The molecule has 34 heavy (non-hydrogen) atoms. The lowest BCUT2D eigenvalue weighted by atomic mass is 9.89. The fourth-order valence-corrected chi connectivity index (χ4v) is 4.46. The van der Waals surface area contributed by atoms with E-state index in [-0.39, 0.29) is 32.2 Å². The lowest BCUT2D eigenvalue weighted by Gasteiger charge is -2.33. The topological polar surface area (TPSA) is 120 Å². The van der Waals surface area contributed by atoms with E-state index in [4.69, 9.17) is 9.15 Å². The minimum atomic E-state index is -1.29. The molecule has 2 heterocycles. The number of aliphatic hydroxyl groups is 2. The van der Waals surface area contributed by atoms with E-state index < -0.39 is 23.2 Å². The maximum atomic E-state index is 12.7. The highest BCUT2D eigenvalue weighted by molar-refractivity contribution is 14.1. The monoisotopic (exact) mass is 578 g/mol. The van der Waals surface area contributed by atoms with Crippen molar-refractivity contribution in [2.75, 3.05) is 0 Å². The van der Waals surface area contributed by atoms with E-state index in [2.05, 4.69) is 22.6 Å². The van der Waals surface area contributed by atoms with Gasteiger partial charge in [0, 0.05) is 33.3 Å². The second-order valence-corrected chi connectivity index (χ2v) is 11.0. The number of phenols is 2. The Bertz CT molecular complexity index is 1350. The quantitative estimate of drug-likeness (QED) is 0.196. The van der Waals surface area contributed by atoms with Gasteiger partial charge >= 0.3 is 0 Å². The number of allylic oxidation sites excluding steroid dienone is 2. The summed E-state index contributed by atoms with van der Waals surface area (Å²) in [5.74, 6) is 0.128. The molecule has 2 aromatic carbocycles. The highest BCUT2D eigenvalue weighted by Crippen LogP contribution is 2.47. The Morgan fingerprint density at radius 1 is 1.21 bits per heavy atom. The number of hydrogen-bond donors (Lipinski definition) is 4. The van der Waals surface area contributed by atoms with Crippen molar-refractivity contribution in [1.82, 2.24) is 0 Å². The number of halogens is 1. The first-order chi connectivity index (χ1) is 15.9. The molecule has 1 aromatic heterocycles. The summed E-state index contributed by atoms with van der Waals surface area (Å²) in [4.78, 5) is 12.7. The summed E-state index contributed by atoms with van der Waals surface area (Å²) in [6.45, 7) is 7.45. The Morgan fingerprint density at radius 2 is 1.91 bits per heavy atom. The predicted molar refractivity (Wildman–Crippen MR) is 138 cm³/mol. The zero-order valence-corrected chi connectivity index (χ0v) is 21.5. The van der Waals surface area contributed by atoms with Gasteiger partial charge in [0.05, 0.1) is 0 Å². The molecule has 1 aliphatic rings. The van der Waals surface area contributed by atoms with E-state index >= 15 is 0 Å². The van der Waals surface area contributed by atoms with Crippen molar-refractivity contribution in [3.05, 3.63) is 63.3 Å². The minimum Gasteiger partial charge on any atom is -0.508 e. The van der Waals surface area contributed by atoms with Gasteiger partial charge in [-0.05, 0) is 44.9 Å². The van der Waals surface area contributed by atoms with Crippen molar-refractivity contribution >= 4 is 33.6 Å². The molecule has 0 bridgehead atoms. The van der Waals surface area contributed by atoms with E-state index in [0.29, 0.717) is 23.3 Å². The maximum absolute atomic E-state index is 12.7. The van der Waals surface area contributed by atoms with Crippen molar-refractivity contribution in [3.63, 3.8) is 0 Å². The SMILES string of the molecule is CC(C)=CCc1cc(-c2cc(=O)c3c(O)cc(O)cc3o2)cc2c1OC(C(C)(O)C(C)I)C2O. The van der Waals surface area contributed by atoms with Crippen LogP contribution >= 0.6 is 22.6 Å². The summed E-state index contributed by atoms with van der Waals surface area (Å²) in [5.41, 5.74) is 1.19. The maximum Gasteiger partial charge on any atom is 0.197 e. The molecule has 0 saturated heterocycles. The first-order valence-electron chi connectivity index (χ1n) is 10.9. The highest BCUT2D eigenvalue weighted by Gasteiger charge is 2.48. The zero-order chi connectivity index (χ0) is 24.9. The molecule has 4 rings (SSSR count). The number of ether oxygens (including phenoxy) is 1. The summed E-state index contributed by atoms with van der Waals surface area (Å²) in [6, 6.07) is 7.13. The van der Waals surface area contributed by atoms with Crippen LogP contribution < -0.4 is 10.2 Å². The molecular formula is C26H27IO7. The lowest BCUT2D eigenvalue weighted by Crippen LogP contribution is -2.49. The van der Waals surface area contributed by atoms with E-state index in [1.54, 1.807) is 13.0 Å². The van der Waals surface area contributed by atoms with Crippen LogP contribution in [-0.2, 0) is 6.42 Å². The number of rotatable bonds is 5. The minimum absolute atomic E-state index is 0.0250. The summed E-state index contributed by atoms with van der Waals surface area (Å²) >= 11 is 2.11. The van der Waals surface area contributed by atoms with Crippen LogP contribution in [0.1, 0.15) is 44.9 Å². The van der Waals surface area contributed by atoms with Gasteiger partial charge in [0.2, 0.25) is 0 Å². The van der Waals surface area contributed by atoms with Crippen molar-refractivity contribution in [3.8, 4) is 28.6 Å². The van der Waals surface area contributed by atoms with E-state index in [1.165, 1.54) is 12.1 Å². The molecule has 4 atom stereocenters. The van der Waals surface area contributed by atoms with Gasteiger partial charge in [-0.3, -0.25) is 4.79 Å². The third-order valence-electron chi connectivity index (χ3n) is 6.24. The number of benzene rings is 2. The van der Waals surface area contributed by atoms with Crippen molar-refractivity contribution < 1.29 is 29.6 Å². The molecule has 0 fully saturated rings. The van der Waals surface area contributed by atoms with Crippen LogP contribution in [0.15, 0.2) is 51.2 Å². The molecule has 0 spiro atoms. The van der Waals surface area contributed by atoms with Crippen LogP contribution in [0.3, 0.4) is 0 Å². The number of phenolic OH excluding ortho intramolecular Hbond substituents is 2. The van der Waals surface area contributed by atoms with Crippen LogP contribution in [0, 0.1) is 0 Å². The summed E-state index contributed by atoms with van der Waals surface area (Å²) in [7, 11) is 0. The Hall–Kier alpha value is -2.56. The van der Waals surface area contributed by atoms with E-state index in [9.17, 15) is 25.2 Å². The molecule has 0 radical (unpaired) electrons. The molecule has 4 N–H and O–H groups in total. The molecule has 0 amide bonds. The van der Waals surface area contributed by atoms with E-state index in [1.807, 2.05) is 32.9 Å². The normalized spacial score (nSPS) is 19.9. The largest absolute Gasteiger partial charge is 0.508 e. The van der Waals surface area contributed by atoms with Gasteiger partial charge < -0.3 is 29.6 Å². The number of hydrogen-bond acceptors (Lipinski definition) is 7. The van der Waals surface area contributed by atoms with Gasteiger partial charge in [-0.2, -0.15) is 0 Å². The van der Waals surface area contributed by atoms with Crippen molar-refractivity contribution in [1.29, 1.82) is 0 Å². The molecule has 0 saturated carbocycles. The second kappa shape index (κ2) is 8.90. The standard InChI is InChI=1S/C26H27IO7/c1-12(2)5-6-14-7-15(8-17-23(31)25(34-24(14)17)26(4,32)13(3)27)20-11-19(30)22-18(29)9-16(28)10-21(22)33-20/h5,7-11,13,23,25,28-29,31-32H,6H2,1-4H3. The molecule has 0 aliphatic carbocycles. The number of aliphatic hydroxyl groups excluding tert-OH is 1. The van der Waals surface area contributed by atoms with Gasteiger partial charge in [-0.1, -0.05) is 41.2 Å². The Balaban J connectivity index is 1.90.